The zero-order chi connectivity index (χ0) is 13.1. The molecule has 0 fully saturated rings. The van der Waals surface area contributed by atoms with Gasteiger partial charge in [-0.05, 0) is 35.7 Å². The summed E-state index contributed by atoms with van der Waals surface area (Å²) in [5.41, 5.74) is 1.95. The van der Waals surface area contributed by atoms with Crippen LogP contribution in [0.15, 0.2) is 42.5 Å². The number of benzene rings is 2. The highest BCUT2D eigenvalue weighted by atomic mass is 35.5. The summed E-state index contributed by atoms with van der Waals surface area (Å²) < 4.78 is 0. The molecule has 0 nitrogen and oxygen atoms in total. The molecular weight excluding hydrogens is 310 g/mol. The van der Waals surface area contributed by atoms with Crippen molar-refractivity contribution in [2.45, 2.75) is 11.8 Å². The molecule has 0 spiro atoms. The van der Waals surface area contributed by atoms with E-state index in [4.69, 9.17) is 46.4 Å². The van der Waals surface area contributed by atoms with Crippen molar-refractivity contribution in [2.24, 2.45) is 0 Å². The molecule has 2 rings (SSSR count). The lowest BCUT2D eigenvalue weighted by Gasteiger charge is -2.12. The lowest BCUT2D eigenvalue weighted by Crippen LogP contribution is -1.97. The third kappa shape index (κ3) is 3.33. The van der Waals surface area contributed by atoms with Crippen LogP contribution in [0, 0.1) is 0 Å². The minimum Gasteiger partial charge on any atom is -0.117 e. The lowest BCUT2D eigenvalue weighted by atomic mass is 10.0. The van der Waals surface area contributed by atoms with Crippen molar-refractivity contribution in [3.63, 3.8) is 0 Å². The molecule has 2 aromatic rings. The van der Waals surface area contributed by atoms with E-state index in [-0.39, 0.29) is 5.38 Å². The van der Waals surface area contributed by atoms with Crippen LogP contribution in [0.3, 0.4) is 0 Å². The smallest absolute Gasteiger partial charge is 0.0640 e. The molecule has 0 aliphatic rings. The van der Waals surface area contributed by atoms with Crippen LogP contribution in [-0.2, 0) is 6.42 Å². The normalized spacial score (nSPS) is 12.4. The van der Waals surface area contributed by atoms with Crippen molar-refractivity contribution >= 4 is 46.4 Å². The van der Waals surface area contributed by atoms with Crippen LogP contribution >= 0.6 is 46.4 Å². The Hall–Kier alpha value is -0.400. The van der Waals surface area contributed by atoms with Gasteiger partial charge in [-0.3, -0.25) is 0 Å². The first-order valence-corrected chi connectivity index (χ1v) is 6.97. The largest absolute Gasteiger partial charge is 0.117 e. The van der Waals surface area contributed by atoms with Gasteiger partial charge in [-0.15, -0.1) is 11.6 Å². The van der Waals surface area contributed by atoms with Crippen LogP contribution in [0.25, 0.3) is 0 Å². The molecule has 2 aromatic carbocycles. The molecule has 18 heavy (non-hydrogen) atoms. The first-order chi connectivity index (χ1) is 8.58. The third-order valence-corrected chi connectivity index (χ3v) is 4.12. The van der Waals surface area contributed by atoms with Crippen LogP contribution in [0.5, 0.6) is 0 Å². The summed E-state index contributed by atoms with van der Waals surface area (Å²) in [4.78, 5) is 0. The van der Waals surface area contributed by atoms with E-state index in [1.807, 2.05) is 36.4 Å². The van der Waals surface area contributed by atoms with Crippen LogP contribution in [-0.4, -0.2) is 0 Å². The molecule has 0 bridgehead atoms. The van der Waals surface area contributed by atoms with E-state index < -0.39 is 0 Å². The van der Waals surface area contributed by atoms with E-state index in [0.29, 0.717) is 21.5 Å². The van der Waals surface area contributed by atoms with Crippen molar-refractivity contribution in [3.05, 3.63) is 68.7 Å². The monoisotopic (exact) mass is 318 g/mol. The Labute approximate surface area is 126 Å². The van der Waals surface area contributed by atoms with Crippen LogP contribution < -0.4 is 0 Å². The molecule has 0 saturated carbocycles. The van der Waals surface area contributed by atoms with Crippen LogP contribution in [0.4, 0.5) is 0 Å². The molecule has 1 unspecified atom stereocenters. The molecule has 0 aliphatic carbocycles. The summed E-state index contributed by atoms with van der Waals surface area (Å²) in [5.74, 6) is 0. The maximum Gasteiger partial charge on any atom is 0.0640 e. The molecule has 0 N–H and O–H groups in total. The maximum absolute atomic E-state index is 6.38. The van der Waals surface area contributed by atoms with Gasteiger partial charge in [-0.25, -0.2) is 0 Å². The van der Waals surface area contributed by atoms with Gasteiger partial charge in [-0.1, -0.05) is 59.1 Å². The van der Waals surface area contributed by atoms with E-state index >= 15 is 0 Å². The summed E-state index contributed by atoms with van der Waals surface area (Å²) in [5, 5.41) is 1.55. The maximum atomic E-state index is 6.38. The third-order valence-electron chi connectivity index (χ3n) is 2.65. The number of rotatable bonds is 3. The molecule has 94 valence electrons. The van der Waals surface area contributed by atoms with Gasteiger partial charge in [0.25, 0.3) is 0 Å². The Morgan fingerprint density at radius 1 is 0.889 bits per heavy atom. The fraction of sp³-hybridized carbons (Fsp3) is 0.143. The minimum absolute atomic E-state index is 0.211. The standard InChI is InChI=1S/C14H10Cl4/c15-10-6-4-9(5-7-10)8-13(17)11-2-1-3-12(16)14(11)18/h1-7,13H,8H2. The van der Waals surface area contributed by atoms with Gasteiger partial charge < -0.3 is 0 Å². The zero-order valence-corrected chi connectivity index (χ0v) is 12.4. The fourth-order valence-electron chi connectivity index (χ4n) is 1.70. The summed E-state index contributed by atoms with van der Waals surface area (Å²) >= 11 is 24.3. The molecule has 1 atom stereocenters. The van der Waals surface area contributed by atoms with Crippen LogP contribution in [0.1, 0.15) is 16.5 Å². The minimum atomic E-state index is -0.211. The van der Waals surface area contributed by atoms with Crippen molar-refractivity contribution in [1.82, 2.24) is 0 Å². The quantitative estimate of drug-likeness (QED) is 0.593. The summed E-state index contributed by atoms with van der Waals surface area (Å²) in [7, 11) is 0. The zero-order valence-electron chi connectivity index (χ0n) is 9.34. The Morgan fingerprint density at radius 3 is 2.22 bits per heavy atom. The predicted octanol–water partition coefficient (Wildman–Crippen LogP) is 6.17. The van der Waals surface area contributed by atoms with Gasteiger partial charge in [0.2, 0.25) is 0 Å². The van der Waals surface area contributed by atoms with Gasteiger partial charge in [0.15, 0.2) is 0 Å². The molecular formula is C14H10Cl4. The highest BCUT2D eigenvalue weighted by molar-refractivity contribution is 6.43. The molecule has 0 aliphatic heterocycles. The highest BCUT2D eigenvalue weighted by Crippen LogP contribution is 2.34. The topological polar surface area (TPSA) is 0 Å². The number of alkyl halides is 1. The highest BCUT2D eigenvalue weighted by Gasteiger charge is 2.14. The first-order valence-electron chi connectivity index (χ1n) is 5.40. The van der Waals surface area contributed by atoms with Gasteiger partial charge in [-0.2, -0.15) is 0 Å². The summed E-state index contributed by atoms with van der Waals surface area (Å²) in [6, 6.07) is 13.1. The molecule has 4 heteroatoms. The second kappa shape index (κ2) is 6.16. The van der Waals surface area contributed by atoms with Crippen molar-refractivity contribution in [2.75, 3.05) is 0 Å². The average Bonchev–Trinajstić information content (AvgIpc) is 2.35. The SMILES string of the molecule is Clc1ccc(CC(Cl)c2cccc(Cl)c2Cl)cc1. The summed E-state index contributed by atoms with van der Waals surface area (Å²) in [6.45, 7) is 0. The van der Waals surface area contributed by atoms with E-state index in [1.54, 1.807) is 6.07 Å². The van der Waals surface area contributed by atoms with Gasteiger partial charge >= 0.3 is 0 Å². The Kier molecular flexibility index (Phi) is 4.80. The molecule has 0 heterocycles. The average molecular weight is 320 g/mol. The van der Waals surface area contributed by atoms with Crippen molar-refractivity contribution in [3.8, 4) is 0 Å². The van der Waals surface area contributed by atoms with E-state index in [1.165, 1.54) is 0 Å². The van der Waals surface area contributed by atoms with E-state index in [0.717, 1.165) is 11.1 Å². The second-order valence-corrected chi connectivity index (χ2v) is 5.69. The van der Waals surface area contributed by atoms with Crippen molar-refractivity contribution < 1.29 is 0 Å². The lowest BCUT2D eigenvalue weighted by molar-refractivity contribution is 0.920. The van der Waals surface area contributed by atoms with E-state index in [9.17, 15) is 0 Å². The van der Waals surface area contributed by atoms with E-state index in [2.05, 4.69) is 0 Å². The van der Waals surface area contributed by atoms with Gasteiger partial charge in [0, 0.05) is 5.02 Å². The first kappa shape index (κ1) is 14.0. The molecule has 0 aromatic heterocycles. The second-order valence-electron chi connectivity index (χ2n) is 3.94. The Bertz CT molecular complexity index is 534. The van der Waals surface area contributed by atoms with Gasteiger partial charge in [0.1, 0.15) is 0 Å². The van der Waals surface area contributed by atoms with Gasteiger partial charge in [0.05, 0.1) is 15.4 Å². The number of hydrogen-bond donors (Lipinski definition) is 0. The number of halogens is 4. The predicted molar refractivity (Wildman–Crippen MR) is 80.2 cm³/mol. The van der Waals surface area contributed by atoms with Crippen LogP contribution in [0.2, 0.25) is 15.1 Å². The Morgan fingerprint density at radius 2 is 1.56 bits per heavy atom. The summed E-state index contributed by atoms with van der Waals surface area (Å²) in [6.07, 6.45) is 0.679. The number of hydrogen-bond acceptors (Lipinski definition) is 0. The fourth-order valence-corrected chi connectivity index (χ4v) is 2.68. The molecule has 0 radical (unpaired) electrons. The molecule has 0 saturated heterocycles. The Balaban J connectivity index is 2.19. The molecule has 0 amide bonds. The van der Waals surface area contributed by atoms with Crippen molar-refractivity contribution in [1.29, 1.82) is 0 Å².